The predicted molar refractivity (Wildman–Crippen MR) is 120 cm³/mol. The highest BCUT2D eigenvalue weighted by Gasteiger charge is 2.33. The Morgan fingerprint density at radius 2 is 1.79 bits per heavy atom. The number of benzene rings is 3. The van der Waals surface area contributed by atoms with Crippen LogP contribution in [0.2, 0.25) is 0 Å². The first kappa shape index (κ1) is 21.5. The maximum absolute atomic E-state index is 13.6. The van der Waals surface area contributed by atoms with Crippen molar-refractivity contribution in [2.45, 2.75) is 18.9 Å². The van der Waals surface area contributed by atoms with Crippen molar-refractivity contribution in [1.82, 2.24) is 9.88 Å². The molecule has 1 fully saturated rings. The number of likely N-dealkylation sites (tertiary alicyclic amines) is 1. The van der Waals surface area contributed by atoms with Crippen molar-refractivity contribution in [3.05, 3.63) is 88.3 Å². The van der Waals surface area contributed by atoms with E-state index in [-0.39, 0.29) is 17.8 Å². The first-order valence-electron chi connectivity index (χ1n) is 10.6. The summed E-state index contributed by atoms with van der Waals surface area (Å²) in [6.07, 6.45) is 1.42. The molecule has 1 aliphatic heterocycles. The van der Waals surface area contributed by atoms with E-state index in [2.05, 4.69) is 10.3 Å². The molecule has 0 aliphatic carbocycles. The summed E-state index contributed by atoms with van der Waals surface area (Å²) in [5.74, 6) is -1.46. The summed E-state index contributed by atoms with van der Waals surface area (Å²) in [7, 11) is 0. The summed E-state index contributed by atoms with van der Waals surface area (Å²) in [5, 5.41) is 13.6. The Labute approximate surface area is 192 Å². The van der Waals surface area contributed by atoms with E-state index in [9.17, 15) is 23.7 Å². The second-order valence-corrected chi connectivity index (χ2v) is 7.95. The van der Waals surface area contributed by atoms with Crippen molar-refractivity contribution in [2.75, 3.05) is 11.9 Å². The topological polar surface area (TPSA) is 102 Å². The lowest BCUT2D eigenvalue weighted by Gasteiger charge is -2.22. The number of hydrogen-bond acceptors (Lipinski definition) is 5. The van der Waals surface area contributed by atoms with Gasteiger partial charge in [-0.2, -0.15) is 0 Å². The van der Waals surface area contributed by atoms with Crippen molar-refractivity contribution >= 4 is 28.5 Å². The highest BCUT2D eigenvalue weighted by molar-refractivity contribution is 5.90. The number of rotatable bonds is 4. The summed E-state index contributed by atoms with van der Waals surface area (Å²) in [5.41, 5.74) is 2.60. The predicted octanol–water partition coefficient (Wildman–Crippen LogP) is 6.05. The molecule has 1 aliphatic rings. The third kappa shape index (κ3) is 4.05. The number of oxazole rings is 1. The van der Waals surface area contributed by atoms with Gasteiger partial charge in [0.2, 0.25) is 5.89 Å². The largest absolute Gasteiger partial charge is 0.438 e. The van der Waals surface area contributed by atoms with Crippen molar-refractivity contribution in [1.29, 1.82) is 0 Å². The standard InChI is InChI=1S/C24H18F2N4O4/c25-18-9-3-14(12-19(18)26)15-4-10-22-20(13-15)28-23(34-22)21-2-1-11-29(21)24(31)27-16-5-7-17(8-6-16)30(32)33/h3-10,12-13,21H,1-2,11H2,(H,27,31)/t21-/m0/s1. The summed E-state index contributed by atoms with van der Waals surface area (Å²) in [6.45, 7) is 0.502. The summed E-state index contributed by atoms with van der Waals surface area (Å²) in [4.78, 5) is 29.4. The lowest BCUT2D eigenvalue weighted by molar-refractivity contribution is -0.384. The Morgan fingerprint density at radius 3 is 2.53 bits per heavy atom. The van der Waals surface area contributed by atoms with Gasteiger partial charge in [-0.1, -0.05) is 12.1 Å². The number of amides is 2. The molecule has 1 atom stereocenters. The van der Waals surface area contributed by atoms with Crippen molar-refractivity contribution in [2.24, 2.45) is 0 Å². The van der Waals surface area contributed by atoms with Gasteiger partial charge >= 0.3 is 6.03 Å². The molecule has 1 aromatic heterocycles. The quantitative estimate of drug-likeness (QED) is 0.293. The molecule has 0 saturated carbocycles. The average molecular weight is 464 g/mol. The number of nitrogens with zero attached hydrogens (tertiary/aromatic N) is 3. The van der Waals surface area contributed by atoms with E-state index in [0.717, 1.165) is 18.6 Å². The van der Waals surface area contributed by atoms with Gasteiger partial charge in [0.25, 0.3) is 5.69 Å². The number of aromatic nitrogens is 1. The van der Waals surface area contributed by atoms with Crippen LogP contribution in [0.15, 0.2) is 65.1 Å². The highest BCUT2D eigenvalue weighted by atomic mass is 19.2. The zero-order chi connectivity index (χ0) is 23.8. The van der Waals surface area contributed by atoms with Crippen LogP contribution in [0.25, 0.3) is 22.2 Å². The first-order valence-corrected chi connectivity index (χ1v) is 10.6. The van der Waals surface area contributed by atoms with Crippen LogP contribution in [0.4, 0.5) is 25.0 Å². The third-order valence-corrected chi connectivity index (χ3v) is 5.79. The van der Waals surface area contributed by atoms with Gasteiger partial charge in [-0.05, 0) is 60.4 Å². The number of nitro groups is 1. The monoisotopic (exact) mass is 464 g/mol. The fraction of sp³-hybridized carbons (Fsp3) is 0.167. The summed E-state index contributed by atoms with van der Waals surface area (Å²) in [6, 6.07) is 13.7. The number of urea groups is 1. The van der Waals surface area contributed by atoms with Crippen LogP contribution in [0.1, 0.15) is 24.8 Å². The SMILES string of the molecule is O=C(Nc1ccc([N+](=O)[O-])cc1)N1CCC[C@H]1c1nc2cc(-c3ccc(F)c(F)c3)ccc2o1. The van der Waals surface area contributed by atoms with Crippen LogP contribution < -0.4 is 5.32 Å². The molecule has 5 rings (SSSR count). The molecule has 0 spiro atoms. The maximum Gasteiger partial charge on any atom is 0.322 e. The fourth-order valence-electron chi connectivity index (χ4n) is 4.07. The summed E-state index contributed by atoms with van der Waals surface area (Å²) >= 11 is 0. The minimum absolute atomic E-state index is 0.0636. The molecule has 172 valence electrons. The number of fused-ring (bicyclic) bond motifs is 1. The van der Waals surface area contributed by atoms with Crippen LogP contribution in [0.5, 0.6) is 0 Å². The number of carbonyl (C=O) groups is 1. The van der Waals surface area contributed by atoms with Crippen molar-refractivity contribution < 1.29 is 22.9 Å². The molecule has 2 amide bonds. The number of halogens is 2. The average Bonchev–Trinajstić information content (AvgIpc) is 3.47. The molecule has 3 aromatic carbocycles. The van der Waals surface area contributed by atoms with Crippen LogP contribution in [0.3, 0.4) is 0 Å². The molecule has 2 heterocycles. The van der Waals surface area contributed by atoms with Crippen molar-refractivity contribution in [3.8, 4) is 11.1 Å². The number of nitrogens with one attached hydrogen (secondary N) is 1. The zero-order valence-electron chi connectivity index (χ0n) is 17.7. The molecule has 34 heavy (non-hydrogen) atoms. The van der Waals surface area contributed by atoms with Crippen LogP contribution in [-0.4, -0.2) is 27.4 Å². The van der Waals surface area contributed by atoms with Gasteiger partial charge in [0.15, 0.2) is 17.2 Å². The Morgan fingerprint density at radius 1 is 1.06 bits per heavy atom. The Kier molecular flexibility index (Phi) is 5.40. The minimum Gasteiger partial charge on any atom is -0.438 e. The molecule has 1 N–H and O–H groups in total. The van der Waals surface area contributed by atoms with E-state index in [0.29, 0.717) is 46.8 Å². The normalized spacial score (nSPS) is 15.6. The van der Waals surface area contributed by atoms with Gasteiger partial charge in [-0.15, -0.1) is 0 Å². The van der Waals surface area contributed by atoms with Gasteiger partial charge in [0.05, 0.1) is 4.92 Å². The molecule has 0 unspecified atom stereocenters. The Hall–Kier alpha value is -4.34. The van der Waals surface area contributed by atoms with E-state index >= 15 is 0 Å². The van der Waals surface area contributed by atoms with Crippen LogP contribution in [0, 0.1) is 21.7 Å². The number of carbonyl (C=O) groups excluding carboxylic acids is 1. The van der Waals surface area contributed by atoms with E-state index < -0.39 is 16.6 Å². The van der Waals surface area contributed by atoms with Gasteiger partial charge in [-0.3, -0.25) is 10.1 Å². The number of non-ortho nitro benzene ring substituents is 1. The smallest absolute Gasteiger partial charge is 0.322 e. The van der Waals surface area contributed by atoms with E-state index in [1.807, 2.05) is 0 Å². The second-order valence-electron chi connectivity index (χ2n) is 7.95. The molecule has 10 heteroatoms. The molecular weight excluding hydrogens is 446 g/mol. The van der Waals surface area contributed by atoms with Crippen molar-refractivity contribution in [3.63, 3.8) is 0 Å². The third-order valence-electron chi connectivity index (χ3n) is 5.79. The number of nitro benzene ring substituents is 1. The van der Waals surface area contributed by atoms with E-state index in [1.165, 1.54) is 30.3 Å². The van der Waals surface area contributed by atoms with E-state index in [1.54, 1.807) is 23.1 Å². The Bertz CT molecular complexity index is 1400. The van der Waals surface area contributed by atoms with Gasteiger partial charge in [0, 0.05) is 24.4 Å². The first-order chi connectivity index (χ1) is 16.4. The minimum atomic E-state index is -0.931. The maximum atomic E-state index is 13.6. The van der Waals surface area contributed by atoms with Gasteiger partial charge < -0.3 is 14.6 Å². The molecule has 0 bridgehead atoms. The van der Waals surface area contributed by atoms with Gasteiger partial charge in [-0.25, -0.2) is 18.6 Å². The van der Waals surface area contributed by atoms with Crippen LogP contribution in [-0.2, 0) is 0 Å². The molecule has 1 saturated heterocycles. The molecule has 8 nitrogen and oxygen atoms in total. The number of hydrogen-bond donors (Lipinski definition) is 1. The van der Waals surface area contributed by atoms with Gasteiger partial charge in [0.1, 0.15) is 11.6 Å². The van der Waals surface area contributed by atoms with E-state index in [4.69, 9.17) is 4.42 Å². The lowest BCUT2D eigenvalue weighted by Crippen LogP contribution is -2.34. The molecule has 4 aromatic rings. The molecular formula is C24H18F2N4O4. The highest BCUT2D eigenvalue weighted by Crippen LogP contribution is 2.35. The number of anilines is 1. The summed E-state index contributed by atoms with van der Waals surface area (Å²) < 4.78 is 32.8. The second kappa shape index (κ2) is 8.54. The fourth-order valence-corrected chi connectivity index (χ4v) is 4.07. The zero-order valence-corrected chi connectivity index (χ0v) is 17.7. The van der Waals surface area contributed by atoms with Crippen LogP contribution >= 0.6 is 0 Å². The lowest BCUT2D eigenvalue weighted by atomic mass is 10.1. The molecule has 0 radical (unpaired) electrons. The Balaban J connectivity index is 1.37.